The summed E-state index contributed by atoms with van der Waals surface area (Å²) in [5.41, 5.74) is 1.62. The van der Waals surface area contributed by atoms with Gasteiger partial charge in [-0.2, -0.15) is 0 Å². The van der Waals surface area contributed by atoms with Gasteiger partial charge in [-0.05, 0) is 23.3 Å². The van der Waals surface area contributed by atoms with Crippen molar-refractivity contribution in [3.8, 4) is 11.4 Å². The minimum Gasteiger partial charge on any atom is -0.392 e. The highest BCUT2D eigenvalue weighted by Crippen LogP contribution is 2.37. The van der Waals surface area contributed by atoms with Crippen molar-refractivity contribution in [3.63, 3.8) is 0 Å². The second-order valence-corrected chi connectivity index (χ2v) is 7.28. The van der Waals surface area contributed by atoms with Crippen LogP contribution < -0.4 is 0 Å². The van der Waals surface area contributed by atoms with E-state index in [9.17, 15) is 5.11 Å². The quantitative estimate of drug-likeness (QED) is 0.684. The van der Waals surface area contributed by atoms with Crippen LogP contribution in [0.2, 0.25) is 0 Å². The molecule has 0 aliphatic carbocycles. The molecular formula is C16H12Cl3N3O. The lowest BCUT2D eigenvalue weighted by atomic mass is 9.99. The predicted molar refractivity (Wildman–Crippen MR) is 92.7 cm³/mol. The molecule has 1 heterocycles. The van der Waals surface area contributed by atoms with Gasteiger partial charge in [0.25, 0.3) is 0 Å². The topological polar surface area (TPSA) is 58.9 Å². The molecule has 0 bridgehead atoms. The van der Waals surface area contributed by atoms with E-state index < -0.39 is 3.79 Å². The SMILES string of the molecule is Cc1nc(-c2ccc(CO)c3ccccc23)nc(C(Cl)(Cl)Cl)n1. The van der Waals surface area contributed by atoms with Crippen LogP contribution >= 0.6 is 34.8 Å². The van der Waals surface area contributed by atoms with E-state index in [-0.39, 0.29) is 12.4 Å². The summed E-state index contributed by atoms with van der Waals surface area (Å²) in [6, 6.07) is 11.4. The number of hydrogen-bond donors (Lipinski definition) is 1. The Labute approximate surface area is 148 Å². The average Bonchev–Trinajstić information content (AvgIpc) is 2.52. The number of aromatic nitrogens is 3. The molecule has 3 aromatic rings. The molecule has 0 radical (unpaired) electrons. The molecular weight excluding hydrogens is 357 g/mol. The molecule has 1 aromatic heterocycles. The minimum absolute atomic E-state index is 0.0452. The molecule has 7 heteroatoms. The van der Waals surface area contributed by atoms with Crippen LogP contribution in [0.15, 0.2) is 36.4 Å². The Kier molecular flexibility index (Phi) is 4.43. The van der Waals surface area contributed by atoms with Crippen LogP contribution in [0.3, 0.4) is 0 Å². The van der Waals surface area contributed by atoms with Crippen molar-refractivity contribution in [1.29, 1.82) is 0 Å². The Morgan fingerprint density at radius 1 is 0.957 bits per heavy atom. The fraction of sp³-hybridized carbons (Fsp3) is 0.188. The summed E-state index contributed by atoms with van der Waals surface area (Å²) >= 11 is 17.7. The van der Waals surface area contributed by atoms with Gasteiger partial charge < -0.3 is 5.11 Å². The van der Waals surface area contributed by atoms with Gasteiger partial charge in [0, 0.05) is 5.56 Å². The van der Waals surface area contributed by atoms with Gasteiger partial charge in [-0.15, -0.1) is 0 Å². The van der Waals surface area contributed by atoms with Gasteiger partial charge in [0.05, 0.1) is 6.61 Å². The predicted octanol–water partition coefficient (Wildman–Crippen LogP) is 4.32. The molecule has 0 saturated heterocycles. The van der Waals surface area contributed by atoms with Gasteiger partial charge in [-0.25, -0.2) is 15.0 Å². The molecule has 0 spiro atoms. The molecule has 2 aromatic carbocycles. The number of nitrogens with zero attached hydrogens (tertiary/aromatic N) is 3. The van der Waals surface area contributed by atoms with Crippen LogP contribution in [0, 0.1) is 6.92 Å². The zero-order chi connectivity index (χ0) is 16.6. The maximum Gasteiger partial charge on any atom is 0.250 e. The fourth-order valence-electron chi connectivity index (χ4n) is 2.42. The minimum atomic E-state index is -1.72. The van der Waals surface area contributed by atoms with Crippen LogP contribution in [0.1, 0.15) is 17.2 Å². The van der Waals surface area contributed by atoms with Crippen molar-refractivity contribution in [2.75, 3.05) is 0 Å². The molecule has 0 fully saturated rings. The van der Waals surface area contributed by atoms with Crippen molar-refractivity contribution in [2.24, 2.45) is 0 Å². The number of halogens is 3. The smallest absolute Gasteiger partial charge is 0.250 e. The molecule has 0 saturated carbocycles. The molecule has 0 amide bonds. The van der Waals surface area contributed by atoms with Gasteiger partial charge in [0.15, 0.2) is 11.6 Å². The van der Waals surface area contributed by atoms with Crippen molar-refractivity contribution >= 4 is 45.6 Å². The second kappa shape index (κ2) is 6.21. The number of fused-ring (bicyclic) bond motifs is 1. The lowest BCUT2D eigenvalue weighted by molar-refractivity contribution is 0.283. The first-order valence-corrected chi connectivity index (χ1v) is 7.95. The van der Waals surface area contributed by atoms with Gasteiger partial charge in [0.1, 0.15) is 5.82 Å². The van der Waals surface area contributed by atoms with Crippen LogP contribution in [-0.2, 0) is 10.4 Å². The van der Waals surface area contributed by atoms with E-state index in [0.29, 0.717) is 11.6 Å². The summed E-state index contributed by atoms with van der Waals surface area (Å²) in [6.45, 7) is 1.67. The summed E-state index contributed by atoms with van der Waals surface area (Å²) in [4.78, 5) is 12.7. The van der Waals surface area contributed by atoms with E-state index in [1.165, 1.54) is 0 Å². The van der Waals surface area contributed by atoms with Crippen LogP contribution in [0.25, 0.3) is 22.2 Å². The summed E-state index contributed by atoms with van der Waals surface area (Å²) < 4.78 is -1.72. The Bertz CT molecular complexity index is 878. The summed E-state index contributed by atoms with van der Waals surface area (Å²) in [7, 11) is 0. The lowest BCUT2D eigenvalue weighted by Gasteiger charge is -2.13. The van der Waals surface area contributed by atoms with E-state index in [2.05, 4.69) is 15.0 Å². The van der Waals surface area contributed by atoms with Crippen LogP contribution in [-0.4, -0.2) is 20.1 Å². The highest BCUT2D eigenvalue weighted by atomic mass is 35.6. The molecule has 0 aliphatic rings. The molecule has 1 N–H and O–H groups in total. The fourth-order valence-corrected chi connectivity index (χ4v) is 2.68. The van der Waals surface area contributed by atoms with E-state index >= 15 is 0 Å². The number of alkyl halides is 3. The largest absolute Gasteiger partial charge is 0.392 e. The summed E-state index contributed by atoms with van der Waals surface area (Å²) in [5.74, 6) is 0.978. The molecule has 118 valence electrons. The molecule has 4 nitrogen and oxygen atoms in total. The maximum atomic E-state index is 9.50. The summed E-state index contributed by atoms with van der Waals surface area (Å²) in [6.07, 6.45) is 0. The molecule has 23 heavy (non-hydrogen) atoms. The molecule has 0 unspecified atom stereocenters. The summed E-state index contributed by atoms with van der Waals surface area (Å²) in [5, 5.41) is 11.3. The normalized spacial score (nSPS) is 11.9. The second-order valence-electron chi connectivity index (χ2n) is 5.00. The van der Waals surface area contributed by atoms with E-state index in [1.807, 2.05) is 36.4 Å². The zero-order valence-electron chi connectivity index (χ0n) is 12.1. The third kappa shape index (κ3) is 3.26. The average molecular weight is 369 g/mol. The molecule has 0 aliphatic heterocycles. The number of hydrogen-bond acceptors (Lipinski definition) is 4. The first kappa shape index (κ1) is 16.4. The van der Waals surface area contributed by atoms with Crippen molar-refractivity contribution in [2.45, 2.75) is 17.3 Å². The highest BCUT2D eigenvalue weighted by molar-refractivity contribution is 6.66. The Morgan fingerprint density at radius 3 is 2.30 bits per heavy atom. The highest BCUT2D eigenvalue weighted by Gasteiger charge is 2.28. The number of aliphatic hydroxyl groups excluding tert-OH is 1. The zero-order valence-corrected chi connectivity index (χ0v) is 14.4. The van der Waals surface area contributed by atoms with Crippen LogP contribution in [0.5, 0.6) is 0 Å². The monoisotopic (exact) mass is 367 g/mol. The van der Waals surface area contributed by atoms with Gasteiger partial charge >= 0.3 is 0 Å². The number of benzene rings is 2. The van der Waals surface area contributed by atoms with Gasteiger partial charge in [-0.3, -0.25) is 0 Å². The first-order chi connectivity index (χ1) is 10.9. The molecule has 3 rings (SSSR count). The Hall–Kier alpha value is -1.46. The van der Waals surface area contributed by atoms with Crippen molar-refractivity contribution < 1.29 is 5.11 Å². The number of rotatable bonds is 2. The standard InChI is InChI=1S/C16H12Cl3N3O/c1-9-20-14(22-15(21-9)16(17,18)19)13-7-6-10(8-23)11-4-2-3-5-12(11)13/h2-7,23H,8H2,1H3. The van der Waals surface area contributed by atoms with Crippen LogP contribution in [0.4, 0.5) is 0 Å². The first-order valence-electron chi connectivity index (χ1n) is 6.82. The van der Waals surface area contributed by atoms with E-state index in [4.69, 9.17) is 34.8 Å². The van der Waals surface area contributed by atoms with Crippen molar-refractivity contribution in [3.05, 3.63) is 53.6 Å². The van der Waals surface area contributed by atoms with E-state index in [0.717, 1.165) is 21.9 Å². The maximum absolute atomic E-state index is 9.50. The third-order valence-corrected chi connectivity index (χ3v) is 3.93. The van der Waals surface area contributed by atoms with E-state index in [1.54, 1.807) is 6.92 Å². The third-order valence-electron chi connectivity index (χ3n) is 3.43. The lowest BCUT2D eigenvalue weighted by Crippen LogP contribution is -2.11. The number of aliphatic hydroxyl groups is 1. The number of aryl methyl sites for hydroxylation is 1. The van der Waals surface area contributed by atoms with Gasteiger partial charge in [-0.1, -0.05) is 71.2 Å². The Balaban J connectivity index is 2.28. The Morgan fingerprint density at radius 2 is 1.65 bits per heavy atom. The molecule has 0 atom stereocenters. The van der Waals surface area contributed by atoms with Crippen molar-refractivity contribution in [1.82, 2.24) is 15.0 Å². The van der Waals surface area contributed by atoms with Gasteiger partial charge in [0.2, 0.25) is 3.79 Å².